The van der Waals surface area contributed by atoms with Gasteiger partial charge in [-0.3, -0.25) is 10.1 Å². The van der Waals surface area contributed by atoms with Crippen LogP contribution in [0, 0.1) is 5.92 Å². The van der Waals surface area contributed by atoms with Crippen molar-refractivity contribution in [3.63, 3.8) is 0 Å². The van der Waals surface area contributed by atoms with Gasteiger partial charge in [-0.2, -0.15) is 0 Å². The number of hydrogen-bond acceptors (Lipinski definition) is 3. The average Bonchev–Trinajstić information content (AvgIpc) is 3.10. The molecule has 0 aromatic heterocycles. The van der Waals surface area contributed by atoms with E-state index in [0.29, 0.717) is 0 Å². The average molecular weight is 352 g/mol. The normalized spacial score (nSPS) is 29.4. The Morgan fingerprint density at radius 2 is 1.83 bits per heavy atom. The van der Waals surface area contributed by atoms with E-state index in [9.17, 15) is 13.6 Å². The zero-order valence-corrected chi connectivity index (χ0v) is 14.3. The van der Waals surface area contributed by atoms with Gasteiger partial charge in [0.2, 0.25) is 5.91 Å². The quantitative estimate of drug-likeness (QED) is 0.816. The molecule has 134 valence electrons. The van der Waals surface area contributed by atoms with Gasteiger partial charge in [0, 0.05) is 32.1 Å². The van der Waals surface area contributed by atoms with Crippen LogP contribution in [0.4, 0.5) is 8.78 Å². The number of alkyl halides is 2. The van der Waals surface area contributed by atoms with Crippen molar-refractivity contribution in [3.05, 3.63) is 0 Å². The standard InChI is InChI=1S/C16H27F2N3O.ClH/c17-16(18)9-14(19-11-16)15(22)20-13-5-7-21(8-6-13)10-12-3-1-2-4-12;/h12-14,19H,1-11H2,(H,20,22);1H. The molecule has 2 aliphatic heterocycles. The van der Waals surface area contributed by atoms with Gasteiger partial charge in [0.05, 0.1) is 12.6 Å². The van der Waals surface area contributed by atoms with Crippen LogP contribution in [0.3, 0.4) is 0 Å². The van der Waals surface area contributed by atoms with E-state index in [1.54, 1.807) is 0 Å². The third-order valence-electron chi connectivity index (χ3n) is 5.35. The Morgan fingerprint density at radius 3 is 2.39 bits per heavy atom. The molecule has 2 heterocycles. The molecule has 3 aliphatic rings. The third kappa shape index (κ3) is 5.26. The fourth-order valence-corrected chi connectivity index (χ4v) is 4.02. The van der Waals surface area contributed by atoms with Gasteiger partial charge in [-0.15, -0.1) is 12.4 Å². The highest BCUT2D eigenvalue weighted by Crippen LogP contribution is 2.27. The van der Waals surface area contributed by atoms with E-state index in [0.717, 1.165) is 31.8 Å². The number of carbonyl (C=O) groups excluding carboxylic acids is 1. The molecule has 1 amide bonds. The number of halogens is 3. The molecule has 1 aliphatic carbocycles. The Kier molecular flexibility index (Phi) is 6.63. The number of amides is 1. The molecule has 1 unspecified atom stereocenters. The summed E-state index contributed by atoms with van der Waals surface area (Å²) in [5, 5.41) is 5.57. The van der Waals surface area contributed by atoms with Crippen LogP contribution in [-0.2, 0) is 4.79 Å². The summed E-state index contributed by atoms with van der Waals surface area (Å²) in [7, 11) is 0. The number of nitrogens with zero attached hydrogens (tertiary/aromatic N) is 1. The second-order valence-electron chi connectivity index (χ2n) is 7.23. The fraction of sp³-hybridized carbons (Fsp3) is 0.938. The van der Waals surface area contributed by atoms with Crippen LogP contribution in [0.25, 0.3) is 0 Å². The summed E-state index contributed by atoms with van der Waals surface area (Å²) in [6, 6.07) is -0.588. The summed E-state index contributed by atoms with van der Waals surface area (Å²) in [6.07, 6.45) is 6.95. The Bertz CT molecular complexity index is 397. The maximum atomic E-state index is 13.1. The Labute approximate surface area is 143 Å². The highest BCUT2D eigenvalue weighted by molar-refractivity contribution is 5.85. The van der Waals surface area contributed by atoms with Crippen molar-refractivity contribution in [3.8, 4) is 0 Å². The van der Waals surface area contributed by atoms with E-state index < -0.39 is 12.0 Å². The van der Waals surface area contributed by atoms with Crippen molar-refractivity contribution in [2.45, 2.75) is 63.0 Å². The smallest absolute Gasteiger partial charge is 0.262 e. The van der Waals surface area contributed by atoms with E-state index in [1.165, 1.54) is 32.2 Å². The van der Waals surface area contributed by atoms with Gasteiger partial charge < -0.3 is 10.2 Å². The molecule has 23 heavy (non-hydrogen) atoms. The number of rotatable bonds is 4. The first-order valence-corrected chi connectivity index (χ1v) is 8.66. The van der Waals surface area contributed by atoms with Crippen molar-refractivity contribution < 1.29 is 13.6 Å². The summed E-state index contributed by atoms with van der Waals surface area (Å²) in [5.41, 5.74) is 0. The van der Waals surface area contributed by atoms with Crippen LogP contribution in [0.1, 0.15) is 44.9 Å². The van der Waals surface area contributed by atoms with Crippen molar-refractivity contribution in [2.24, 2.45) is 5.92 Å². The lowest BCUT2D eigenvalue weighted by atomic mass is 10.0. The lowest BCUT2D eigenvalue weighted by Gasteiger charge is -2.34. The minimum absolute atomic E-state index is 0. The first-order chi connectivity index (χ1) is 10.5. The summed E-state index contributed by atoms with van der Waals surface area (Å²) in [5.74, 6) is -2.14. The van der Waals surface area contributed by atoms with Crippen molar-refractivity contribution in [2.75, 3.05) is 26.2 Å². The van der Waals surface area contributed by atoms with E-state index in [4.69, 9.17) is 0 Å². The second-order valence-corrected chi connectivity index (χ2v) is 7.23. The molecule has 3 fully saturated rings. The predicted molar refractivity (Wildman–Crippen MR) is 88.2 cm³/mol. The Balaban J connectivity index is 0.00000192. The van der Waals surface area contributed by atoms with Gasteiger partial charge in [-0.05, 0) is 31.6 Å². The highest BCUT2D eigenvalue weighted by Gasteiger charge is 2.42. The molecule has 1 atom stereocenters. The predicted octanol–water partition coefficient (Wildman–Crippen LogP) is 2.18. The monoisotopic (exact) mass is 351 g/mol. The zero-order chi connectivity index (χ0) is 15.6. The van der Waals surface area contributed by atoms with Gasteiger partial charge in [0.1, 0.15) is 0 Å². The molecule has 2 N–H and O–H groups in total. The molecule has 2 saturated heterocycles. The number of likely N-dealkylation sites (tertiary alicyclic amines) is 1. The molecule has 0 bridgehead atoms. The van der Waals surface area contributed by atoms with E-state index in [-0.39, 0.29) is 37.3 Å². The van der Waals surface area contributed by atoms with Crippen molar-refractivity contribution in [1.82, 2.24) is 15.5 Å². The number of carbonyl (C=O) groups is 1. The van der Waals surface area contributed by atoms with Gasteiger partial charge in [-0.1, -0.05) is 12.8 Å². The SMILES string of the molecule is Cl.O=C(NC1CCN(CC2CCCC2)CC1)C1CC(F)(F)CN1. The second kappa shape index (κ2) is 8.08. The van der Waals surface area contributed by atoms with Crippen molar-refractivity contribution >= 4 is 18.3 Å². The van der Waals surface area contributed by atoms with Gasteiger partial charge in [-0.25, -0.2) is 8.78 Å². The van der Waals surface area contributed by atoms with Crippen LogP contribution in [0.2, 0.25) is 0 Å². The van der Waals surface area contributed by atoms with E-state index in [2.05, 4.69) is 15.5 Å². The molecule has 4 nitrogen and oxygen atoms in total. The molecule has 1 saturated carbocycles. The van der Waals surface area contributed by atoms with Crippen LogP contribution < -0.4 is 10.6 Å². The summed E-state index contributed by atoms with van der Waals surface area (Å²) >= 11 is 0. The number of nitrogens with one attached hydrogen (secondary N) is 2. The third-order valence-corrected chi connectivity index (χ3v) is 5.35. The largest absolute Gasteiger partial charge is 0.352 e. The number of hydrogen-bond donors (Lipinski definition) is 2. The lowest BCUT2D eigenvalue weighted by molar-refractivity contribution is -0.124. The summed E-state index contributed by atoms with van der Waals surface area (Å²) in [6.45, 7) is 2.83. The molecule has 0 radical (unpaired) electrons. The van der Waals surface area contributed by atoms with Crippen LogP contribution in [0.5, 0.6) is 0 Å². The zero-order valence-electron chi connectivity index (χ0n) is 13.5. The van der Waals surface area contributed by atoms with Crippen LogP contribution in [-0.4, -0.2) is 55.0 Å². The number of piperidine rings is 1. The van der Waals surface area contributed by atoms with E-state index in [1.807, 2.05) is 0 Å². The molecular formula is C16H28ClF2N3O. The Hall–Kier alpha value is -0.460. The first-order valence-electron chi connectivity index (χ1n) is 8.66. The maximum absolute atomic E-state index is 13.1. The van der Waals surface area contributed by atoms with Crippen molar-refractivity contribution in [1.29, 1.82) is 0 Å². The van der Waals surface area contributed by atoms with Gasteiger partial charge in [0.15, 0.2) is 0 Å². The Morgan fingerprint density at radius 1 is 1.17 bits per heavy atom. The summed E-state index contributed by atoms with van der Waals surface area (Å²) < 4.78 is 26.3. The maximum Gasteiger partial charge on any atom is 0.262 e. The molecule has 0 spiro atoms. The van der Waals surface area contributed by atoms with E-state index >= 15 is 0 Å². The minimum atomic E-state index is -2.74. The molecular weight excluding hydrogens is 324 g/mol. The summed E-state index contributed by atoms with van der Waals surface area (Å²) in [4.78, 5) is 14.5. The van der Waals surface area contributed by atoms with Gasteiger partial charge >= 0.3 is 0 Å². The van der Waals surface area contributed by atoms with Crippen LogP contribution >= 0.6 is 12.4 Å². The van der Waals surface area contributed by atoms with Crippen LogP contribution in [0.15, 0.2) is 0 Å². The fourth-order valence-electron chi connectivity index (χ4n) is 4.02. The topological polar surface area (TPSA) is 44.4 Å². The van der Waals surface area contributed by atoms with Gasteiger partial charge in [0.25, 0.3) is 5.92 Å². The first kappa shape index (κ1) is 18.9. The molecule has 0 aromatic rings. The minimum Gasteiger partial charge on any atom is -0.352 e. The molecule has 0 aromatic carbocycles. The molecule has 7 heteroatoms. The lowest BCUT2D eigenvalue weighted by Crippen LogP contribution is -2.49. The highest BCUT2D eigenvalue weighted by atomic mass is 35.5. The molecule has 3 rings (SSSR count).